The number of thiophene rings is 1. The van der Waals surface area contributed by atoms with Gasteiger partial charge in [-0.2, -0.15) is 0 Å². The van der Waals surface area contributed by atoms with Gasteiger partial charge in [-0.05, 0) is 89.0 Å². The Morgan fingerprint density at radius 2 is 1.30 bits per heavy atom. The molecule has 0 amide bonds. The summed E-state index contributed by atoms with van der Waals surface area (Å²) < 4.78 is 11.7. The fourth-order valence-corrected chi connectivity index (χ4v) is 11.1. The number of hydrogen-bond acceptors (Lipinski definition) is 4. The summed E-state index contributed by atoms with van der Waals surface area (Å²) in [6.07, 6.45) is 0. The molecule has 0 spiro atoms. The second-order valence-corrected chi connectivity index (χ2v) is 17.0. The standard InChI is InChI=1S/C52H33N3OS/c1-52(2)40-19-9-6-15-33(40)34-25-23-32(28-41(34)52)54(45-21-12-18-36-35-16-8-11-22-46(35)57-50(36)45)31-24-26-44-38(27-31)39-29-42-49(56-51(53-42)30-13-4-3-5-14-30)47-37-17-7-10-20-43(37)55(44)48(39)47/h3-29H,1-2H3. The predicted molar refractivity (Wildman–Crippen MR) is 239 cm³/mol. The number of nitrogens with zero attached hydrogens (tertiary/aromatic N) is 3. The quantitative estimate of drug-likeness (QED) is 0.180. The fourth-order valence-electron chi connectivity index (χ4n) is 9.94. The molecule has 13 rings (SSSR count). The zero-order valence-electron chi connectivity index (χ0n) is 31.2. The molecule has 4 aromatic heterocycles. The van der Waals surface area contributed by atoms with E-state index in [1.54, 1.807) is 0 Å². The lowest BCUT2D eigenvalue weighted by molar-refractivity contribution is 0.623. The van der Waals surface area contributed by atoms with Crippen molar-refractivity contribution in [3.05, 3.63) is 175 Å². The highest BCUT2D eigenvalue weighted by Gasteiger charge is 2.36. The summed E-state index contributed by atoms with van der Waals surface area (Å²) in [6.45, 7) is 4.72. The number of fused-ring (bicyclic) bond motifs is 14. The van der Waals surface area contributed by atoms with Gasteiger partial charge in [0.2, 0.25) is 5.89 Å². The summed E-state index contributed by atoms with van der Waals surface area (Å²) >= 11 is 1.87. The molecule has 268 valence electrons. The monoisotopic (exact) mass is 747 g/mol. The van der Waals surface area contributed by atoms with Crippen LogP contribution in [0.2, 0.25) is 0 Å². The van der Waals surface area contributed by atoms with Gasteiger partial charge in [-0.1, -0.05) is 111 Å². The molecule has 4 heterocycles. The van der Waals surface area contributed by atoms with Gasteiger partial charge in [0.05, 0.1) is 32.3 Å². The molecule has 0 aliphatic heterocycles. The van der Waals surface area contributed by atoms with E-state index in [-0.39, 0.29) is 5.41 Å². The van der Waals surface area contributed by atoms with E-state index >= 15 is 0 Å². The molecule has 1 aliphatic carbocycles. The van der Waals surface area contributed by atoms with Gasteiger partial charge in [-0.3, -0.25) is 0 Å². The summed E-state index contributed by atoms with van der Waals surface area (Å²) in [5.74, 6) is 0.639. The van der Waals surface area contributed by atoms with Gasteiger partial charge in [-0.25, -0.2) is 4.98 Å². The van der Waals surface area contributed by atoms with Crippen molar-refractivity contribution in [1.29, 1.82) is 0 Å². The zero-order valence-corrected chi connectivity index (χ0v) is 32.1. The van der Waals surface area contributed by atoms with Crippen LogP contribution in [-0.2, 0) is 5.41 Å². The second kappa shape index (κ2) is 11.1. The molecule has 0 atom stereocenters. The molecule has 0 radical (unpaired) electrons. The van der Waals surface area contributed by atoms with E-state index in [4.69, 9.17) is 9.40 Å². The number of benzene rings is 8. The number of hydrogen-bond donors (Lipinski definition) is 0. The topological polar surface area (TPSA) is 33.7 Å². The average Bonchev–Trinajstić information content (AvgIpc) is 4.05. The third-order valence-corrected chi connectivity index (χ3v) is 13.7. The molecule has 0 unspecified atom stereocenters. The van der Waals surface area contributed by atoms with Gasteiger partial charge in [0.25, 0.3) is 0 Å². The summed E-state index contributed by atoms with van der Waals surface area (Å²) in [4.78, 5) is 7.60. The molecule has 57 heavy (non-hydrogen) atoms. The molecule has 5 heteroatoms. The molecule has 1 aliphatic rings. The van der Waals surface area contributed by atoms with Crippen molar-refractivity contribution in [3.63, 3.8) is 0 Å². The van der Waals surface area contributed by atoms with Gasteiger partial charge < -0.3 is 13.7 Å². The summed E-state index contributed by atoms with van der Waals surface area (Å²) in [7, 11) is 0. The fraction of sp³-hybridized carbons (Fsp3) is 0.0577. The third-order valence-electron chi connectivity index (χ3n) is 12.5. The van der Waals surface area contributed by atoms with E-state index < -0.39 is 0 Å². The van der Waals surface area contributed by atoms with E-state index in [2.05, 4.69) is 169 Å². The molecule has 0 saturated heterocycles. The first-order valence-electron chi connectivity index (χ1n) is 19.5. The maximum atomic E-state index is 6.66. The minimum Gasteiger partial charge on any atom is -0.435 e. The van der Waals surface area contributed by atoms with Crippen LogP contribution in [0.25, 0.3) is 91.9 Å². The van der Waals surface area contributed by atoms with E-state index in [0.717, 1.165) is 38.9 Å². The summed E-state index contributed by atoms with van der Waals surface area (Å²) in [6, 6.07) is 59.7. The van der Waals surface area contributed by atoms with E-state index in [0.29, 0.717) is 5.89 Å². The van der Waals surface area contributed by atoms with Crippen molar-refractivity contribution in [2.24, 2.45) is 0 Å². The van der Waals surface area contributed by atoms with Gasteiger partial charge in [0.15, 0.2) is 5.58 Å². The van der Waals surface area contributed by atoms with Crippen LogP contribution in [-0.4, -0.2) is 9.38 Å². The van der Waals surface area contributed by atoms with Crippen molar-refractivity contribution < 1.29 is 4.42 Å². The highest BCUT2D eigenvalue weighted by Crippen LogP contribution is 2.52. The molecular weight excluding hydrogens is 715 g/mol. The van der Waals surface area contributed by atoms with Gasteiger partial charge in [0.1, 0.15) is 5.52 Å². The van der Waals surface area contributed by atoms with Crippen LogP contribution in [0.3, 0.4) is 0 Å². The molecule has 0 fully saturated rings. The van der Waals surface area contributed by atoms with Crippen LogP contribution in [0, 0.1) is 0 Å². The normalized spacial score (nSPS) is 13.6. The number of anilines is 3. The first-order chi connectivity index (χ1) is 28.0. The maximum absolute atomic E-state index is 6.66. The molecule has 12 aromatic rings. The van der Waals surface area contributed by atoms with Crippen LogP contribution in [0.15, 0.2) is 168 Å². The summed E-state index contributed by atoms with van der Waals surface area (Å²) in [5.41, 5.74) is 14.9. The largest absolute Gasteiger partial charge is 0.435 e. The van der Waals surface area contributed by atoms with Crippen molar-refractivity contribution >= 4 is 97.8 Å². The Morgan fingerprint density at radius 1 is 0.579 bits per heavy atom. The lowest BCUT2D eigenvalue weighted by atomic mass is 9.82. The van der Waals surface area contributed by atoms with Crippen molar-refractivity contribution in [3.8, 4) is 22.6 Å². The average molecular weight is 748 g/mol. The number of para-hydroxylation sites is 1. The zero-order chi connectivity index (χ0) is 37.6. The minimum absolute atomic E-state index is 0.128. The highest BCUT2D eigenvalue weighted by atomic mass is 32.1. The summed E-state index contributed by atoms with van der Waals surface area (Å²) in [5, 5.41) is 7.21. The Labute approximate surface area is 331 Å². The highest BCUT2D eigenvalue weighted by molar-refractivity contribution is 7.26. The lowest BCUT2D eigenvalue weighted by Crippen LogP contribution is -2.16. The number of aromatic nitrogens is 2. The smallest absolute Gasteiger partial charge is 0.227 e. The van der Waals surface area contributed by atoms with Gasteiger partial charge in [0, 0.05) is 54.0 Å². The Hall–Kier alpha value is -6.95. The van der Waals surface area contributed by atoms with Crippen LogP contribution < -0.4 is 4.90 Å². The van der Waals surface area contributed by atoms with E-state index in [9.17, 15) is 0 Å². The molecule has 0 N–H and O–H groups in total. The van der Waals surface area contributed by atoms with Gasteiger partial charge >= 0.3 is 0 Å². The molecule has 8 aromatic carbocycles. The Balaban J connectivity index is 1.10. The molecule has 0 saturated carbocycles. The van der Waals surface area contributed by atoms with Crippen molar-refractivity contribution in [2.45, 2.75) is 19.3 Å². The maximum Gasteiger partial charge on any atom is 0.227 e. The Morgan fingerprint density at radius 3 is 2.21 bits per heavy atom. The first-order valence-corrected chi connectivity index (χ1v) is 20.4. The third kappa shape index (κ3) is 4.13. The number of rotatable bonds is 4. The van der Waals surface area contributed by atoms with Crippen LogP contribution in [0.4, 0.5) is 17.1 Å². The molecule has 4 nitrogen and oxygen atoms in total. The van der Waals surface area contributed by atoms with Crippen molar-refractivity contribution in [1.82, 2.24) is 9.38 Å². The SMILES string of the molecule is CC1(C)c2ccccc2-c2ccc(N(c3ccc4c(c3)c3cc5nc(-c6ccccc6)oc5c5c6ccccc6n4c35)c3cccc4c3sc3ccccc34)cc21. The lowest BCUT2D eigenvalue weighted by Gasteiger charge is -2.28. The van der Waals surface area contributed by atoms with Crippen LogP contribution in [0.1, 0.15) is 25.0 Å². The Kier molecular flexibility index (Phi) is 6.09. The predicted octanol–water partition coefficient (Wildman–Crippen LogP) is 14.8. The van der Waals surface area contributed by atoms with Crippen molar-refractivity contribution in [2.75, 3.05) is 4.90 Å². The van der Waals surface area contributed by atoms with Crippen LogP contribution in [0.5, 0.6) is 0 Å². The minimum atomic E-state index is -0.128. The Bertz CT molecular complexity index is 3630. The van der Waals surface area contributed by atoms with E-state index in [1.807, 2.05) is 29.5 Å². The number of oxazole rings is 1. The second-order valence-electron chi connectivity index (χ2n) is 15.9. The first kappa shape index (κ1) is 31.3. The van der Waals surface area contributed by atoms with E-state index in [1.165, 1.54) is 75.3 Å². The van der Waals surface area contributed by atoms with Gasteiger partial charge in [-0.15, -0.1) is 11.3 Å². The van der Waals surface area contributed by atoms with Crippen LogP contribution >= 0.6 is 11.3 Å². The molecule has 0 bridgehead atoms. The molecular formula is C52H33N3OS.